The first-order chi connectivity index (χ1) is 36.8. The number of thiocarbonyl (C=S) groups is 1. The van der Waals surface area contributed by atoms with Crippen molar-refractivity contribution in [3.05, 3.63) is 143 Å². The standard InChI is InChI=1S/C15H16N2O.C14H14N2O.C14H14N2S.C13H22N2S.C10H15NO/c1-10-5-6-12-13(7-10)18-14(17-12)11(9-16)8-15(2,3)4;2*1-14(2,3)8-10(9-15)13-16-11-6-4-5-7-12(11)17-13;1-12(2,3)7-10(8-14)11(16)15-9-13(4,5)6;1-8(12-5)9(7-11)6-10(2,3)4/h5-8H,1-4H3;2*4-8H,1-3H3;7H,9H2,1-6H3,(H,15,16);6H,1H2,2-5H3/b11-8+;2*10-8+;10-7+;9-6+. The monoisotopic (exact) mass is 1110 g/mol. The van der Waals surface area contributed by atoms with E-state index in [1.54, 1.807) is 11.3 Å². The highest BCUT2D eigenvalue weighted by atomic mass is 32.1. The number of nitrogens with one attached hydrogen (secondary N) is 1. The molecular formula is C66H81N9O3S2. The van der Waals surface area contributed by atoms with Gasteiger partial charge in [0, 0.05) is 6.54 Å². The number of nitriles is 5. The van der Waals surface area contributed by atoms with Crippen molar-refractivity contribution < 1.29 is 13.6 Å². The average molecular weight is 1110 g/mol. The molecule has 0 aliphatic rings. The van der Waals surface area contributed by atoms with Crippen LogP contribution in [0, 0.1) is 96.1 Å². The summed E-state index contributed by atoms with van der Waals surface area (Å²) in [6.07, 6.45) is 9.48. The predicted octanol–water partition coefficient (Wildman–Crippen LogP) is 18.2. The van der Waals surface area contributed by atoms with E-state index in [9.17, 15) is 10.5 Å². The van der Waals surface area contributed by atoms with E-state index in [4.69, 9.17) is 41.6 Å². The second kappa shape index (κ2) is 29.3. The molecule has 0 fully saturated rings. The minimum Gasteiger partial charge on any atom is -0.496 e. The van der Waals surface area contributed by atoms with E-state index in [0.29, 0.717) is 56.0 Å². The molecule has 0 atom stereocenters. The largest absolute Gasteiger partial charge is 0.496 e. The third kappa shape index (κ3) is 25.7. The van der Waals surface area contributed by atoms with E-state index < -0.39 is 0 Å². The van der Waals surface area contributed by atoms with E-state index >= 15 is 0 Å². The van der Waals surface area contributed by atoms with Crippen LogP contribution in [-0.2, 0) is 4.74 Å². The van der Waals surface area contributed by atoms with Crippen LogP contribution in [0.2, 0.25) is 0 Å². The van der Waals surface area contributed by atoms with E-state index in [1.807, 2.05) is 172 Å². The van der Waals surface area contributed by atoms with E-state index in [-0.39, 0.29) is 32.5 Å². The molecule has 80 heavy (non-hydrogen) atoms. The molecule has 3 aromatic carbocycles. The minimum atomic E-state index is -0.0817. The fourth-order valence-electron chi connectivity index (χ4n) is 6.59. The zero-order valence-corrected chi connectivity index (χ0v) is 52.4. The van der Waals surface area contributed by atoms with Crippen molar-refractivity contribution in [3.63, 3.8) is 0 Å². The molecule has 0 saturated carbocycles. The third-order valence-electron chi connectivity index (χ3n) is 9.88. The van der Waals surface area contributed by atoms with Gasteiger partial charge in [-0.3, -0.25) is 0 Å². The fraction of sp³-hybridized carbons (Fsp3) is 0.409. The van der Waals surface area contributed by atoms with Crippen LogP contribution >= 0.6 is 23.6 Å². The molecule has 420 valence electrons. The number of allylic oxidation sites excluding steroid dienone is 9. The quantitative estimate of drug-likeness (QED) is 0.0520. The second-order valence-corrected chi connectivity index (χ2v) is 27.0. The predicted molar refractivity (Wildman–Crippen MR) is 334 cm³/mol. The highest BCUT2D eigenvalue weighted by Crippen LogP contribution is 2.31. The molecule has 14 heteroatoms. The molecule has 0 aliphatic heterocycles. The molecule has 0 radical (unpaired) electrons. The lowest BCUT2D eigenvalue weighted by atomic mass is 9.93. The molecule has 0 aliphatic carbocycles. The summed E-state index contributed by atoms with van der Waals surface area (Å²) in [4.78, 5) is 13.7. The molecule has 0 spiro atoms. The van der Waals surface area contributed by atoms with Gasteiger partial charge in [0.25, 0.3) is 0 Å². The summed E-state index contributed by atoms with van der Waals surface area (Å²) in [6, 6.07) is 32.0. The van der Waals surface area contributed by atoms with Crippen molar-refractivity contribution in [1.29, 1.82) is 26.3 Å². The summed E-state index contributed by atoms with van der Waals surface area (Å²) >= 11 is 6.78. The van der Waals surface area contributed by atoms with Gasteiger partial charge in [0.05, 0.1) is 34.0 Å². The van der Waals surface area contributed by atoms with Crippen LogP contribution in [0.3, 0.4) is 0 Å². The summed E-state index contributed by atoms with van der Waals surface area (Å²) in [5, 5.41) is 49.3. The zero-order chi connectivity index (χ0) is 61.0. The number of methoxy groups -OCH3 is 1. The molecular weight excluding hydrogens is 1030 g/mol. The lowest BCUT2D eigenvalue weighted by Gasteiger charge is -2.20. The van der Waals surface area contributed by atoms with Gasteiger partial charge in [-0.2, -0.15) is 26.3 Å². The van der Waals surface area contributed by atoms with Gasteiger partial charge in [-0.25, -0.2) is 15.0 Å². The minimum absolute atomic E-state index is 0.0110. The SMILES string of the molecule is C=C(OC)/C(C#N)=C/C(C)(C)C.CC(C)(C)/C=C(\C#N)C(=S)NCC(C)(C)C.CC(C)(C)/C=C(\C#N)c1nc2ccccc2o1.CC(C)(C)/C=C(\C#N)c1nc2ccccc2s1.Cc1ccc2nc(/C(C#N)=C/C(C)(C)C)oc2c1. The summed E-state index contributed by atoms with van der Waals surface area (Å²) in [7, 11) is 1.51. The molecule has 0 unspecified atom stereocenters. The summed E-state index contributed by atoms with van der Waals surface area (Å²) in [5.74, 6) is 1.21. The maximum absolute atomic E-state index is 9.22. The molecule has 3 heterocycles. The van der Waals surface area contributed by atoms with Gasteiger partial charge < -0.3 is 18.9 Å². The smallest absolute Gasteiger partial charge is 0.237 e. The number of hydrogen-bond acceptors (Lipinski definition) is 13. The number of aryl methyl sites for hydroxylation is 1. The molecule has 0 amide bonds. The van der Waals surface area contributed by atoms with Crippen molar-refractivity contribution in [2.75, 3.05) is 13.7 Å². The van der Waals surface area contributed by atoms with E-state index in [1.165, 1.54) is 7.11 Å². The Hall–Kier alpha value is -7.93. The normalized spacial score (nSPS) is 12.7. The van der Waals surface area contributed by atoms with Crippen LogP contribution in [-0.4, -0.2) is 33.6 Å². The van der Waals surface area contributed by atoms with Gasteiger partial charge in [-0.15, -0.1) is 11.3 Å². The highest BCUT2D eigenvalue weighted by molar-refractivity contribution is 7.80. The summed E-state index contributed by atoms with van der Waals surface area (Å²) < 4.78 is 17.2. The number of aromatic nitrogens is 3. The lowest BCUT2D eigenvalue weighted by Crippen LogP contribution is -2.32. The summed E-state index contributed by atoms with van der Waals surface area (Å²) in [6.45, 7) is 43.5. The Morgan fingerprint density at radius 2 is 0.988 bits per heavy atom. The van der Waals surface area contributed by atoms with Crippen molar-refractivity contribution in [3.8, 4) is 30.3 Å². The molecule has 1 N–H and O–H groups in total. The number of nitrogens with zero attached hydrogens (tertiary/aromatic N) is 8. The maximum Gasteiger partial charge on any atom is 0.237 e. The van der Waals surface area contributed by atoms with Crippen molar-refractivity contribution in [1.82, 2.24) is 20.3 Å². The van der Waals surface area contributed by atoms with Crippen LogP contribution in [0.5, 0.6) is 0 Å². The van der Waals surface area contributed by atoms with Crippen molar-refractivity contribution >= 4 is 77.7 Å². The number of para-hydroxylation sites is 3. The van der Waals surface area contributed by atoms with Gasteiger partial charge >= 0.3 is 0 Å². The molecule has 0 saturated heterocycles. The number of oxazole rings is 2. The van der Waals surface area contributed by atoms with Crippen molar-refractivity contribution in [2.45, 2.75) is 132 Å². The van der Waals surface area contributed by atoms with Gasteiger partial charge in [-0.1, -0.05) is 204 Å². The Kier molecular flexibility index (Phi) is 25.0. The first kappa shape index (κ1) is 68.2. The lowest BCUT2D eigenvalue weighted by molar-refractivity contribution is 0.304. The first-order valence-corrected chi connectivity index (χ1v) is 27.3. The highest BCUT2D eigenvalue weighted by Gasteiger charge is 2.19. The van der Waals surface area contributed by atoms with Crippen LogP contribution < -0.4 is 5.32 Å². The third-order valence-corrected chi connectivity index (χ3v) is 11.3. The Morgan fingerprint density at radius 3 is 1.41 bits per heavy atom. The van der Waals surface area contributed by atoms with Crippen molar-refractivity contribution in [2.24, 2.45) is 32.5 Å². The first-order valence-electron chi connectivity index (χ1n) is 26.1. The number of hydrogen-bond donors (Lipinski definition) is 1. The second-order valence-electron chi connectivity index (χ2n) is 25.5. The Bertz CT molecular complexity index is 3300. The van der Waals surface area contributed by atoms with Crippen LogP contribution in [0.1, 0.15) is 147 Å². The summed E-state index contributed by atoms with van der Waals surface area (Å²) in [5.41, 5.74) is 7.70. The Labute approximate surface area is 486 Å². The molecule has 6 rings (SSSR count). The van der Waals surface area contributed by atoms with Gasteiger partial charge in [0.1, 0.15) is 68.3 Å². The van der Waals surface area contributed by atoms with Gasteiger partial charge in [-0.05, 0) is 81.4 Å². The molecule has 6 aromatic rings. The van der Waals surface area contributed by atoms with E-state index in [0.717, 1.165) is 43.9 Å². The molecule has 0 bridgehead atoms. The van der Waals surface area contributed by atoms with Gasteiger partial charge in [0.15, 0.2) is 11.2 Å². The number of benzene rings is 3. The van der Waals surface area contributed by atoms with Crippen LogP contribution in [0.4, 0.5) is 0 Å². The average Bonchev–Trinajstić information content (AvgIpc) is 4.10. The van der Waals surface area contributed by atoms with Gasteiger partial charge in [0.2, 0.25) is 11.8 Å². The topological polar surface area (TPSA) is 205 Å². The molecule has 12 nitrogen and oxygen atoms in total. The number of rotatable bonds is 7. The maximum atomic E-state index is 9.22. The fourth-order valence-corrected chi connectivity index (χ4v) is 7.70. The number of fused-ring (bicyclic) bond motifs is 3. The Morgan fingerprint density at radius 1 is 0.562 bits per heavy atom. The number of thiazole rings is 1. The number of ether oxygens (including phenoxy) is 1. The molecule has 3 aromatic heterocycles. The van der Waals surface area contributed by atoms with Crippen LogP contribution in [0.25, 0.3) is 49.1 Å². The zero-order valence-electron chi connectivity index (χ0n) is 50.8. The van der Waals surface area contributed by atoms with E-state index in [2.05, 4.69) is 113 Å². The van der Waals surface area contributed by atoms with Crippen LogP contribution in [0.15, 0.2) is 129 Å². The Balaban J connectivity index is 0.000000344.